The topological polar surface area (TPSA) is 41.5 Å². The summed E-state index contributed by atoms with van der Waals surface area (Å²) in [6.45, 7) is 11.5. The number of benzene rings is 1. The van der Waals surface area contributed by atoms with Gasteiger partial charge in [0.15, 0.2) is 0 Å². The molecule has 1 aromatic carbocycles. The molecule has 1 aromatic rings. The second kappa shape index (κ2) is 7.65. The third-order valence-electron chi connectivity index (χ3n) is 3.33. The van der Waals surface area contributed by atoms with Crippen LogP contribution in [0.3, 0.4) is 0 Å². The number of β-amino-alcohol motifs (C(OH)–C–C–N with tert-alkyl or cyclic N) is 1. The fourth-order valence-corrected chi connectivity index (χ4v) is 2.38. The summed E-state index contributed by atoms with van der Waals surface area (Å²) in [5.41, 5.74) is 2.42. The molecule has 20 heavy (non-hydrogen) atoms. The van der Waals surface area contributed by atoms with E-state index >= 15 is 0 Å². The second-order valence-corrected chi connectivity index (χ2v) is 6.30. The van der Waals surface area contributed by atoms with Crippen molar-refractivity contribution in [3.63, 3.8) is 0 Å². The zero-order chi connectivity index (χ0) is 15.2. The van der Waals surface area contributed by atoms with Crippen LogP contribution < -0.4 is 10.1 Å². The Morgan fingerprint density at radius 1 is 1.20 bits per heavy atom. The molecule has 0 spiro atoms. The third kappa shape index (κ3) is 6.40. The van der Waals surface area contributed by atoms with E-state index in [4.69, 9.17) is 4.74 Å². The first-order chi connectivity index (χ1) is 9.32. The molecule has 0 saturated heterocycles. The maximum absolute atomic E-state index is 9.99. The van der Waals surface area contributed by atoms with Crippen LogP contribution in [-0.4, -0.2) is 29.9 Å². The SMILES string of the molecule is CCCC(C)(C)NCC(O)COc1cc(C)cc(C)c1. The van der Waals surface area contributed by atoms with E-state index < -0.39 is 6.10 Å². The summed E-state index contributed by atoms with van der Waals surface area (Å²) >= 11 is 0. The van der Waals surface area contributed by atoms with Crippen molar-refractivity contribution in [3.8, 4) is 5.75 Å². The molecule has 3 heteroatoms. The molecule has 1 atom stereocenters. The summed E-state index contributed by atoms with van der Waals surface area (Å²) in [4.78, 5) is 0. The lowest BCUT2D eigenvalue weighted by Crippen LogP contribution is -2.44. The zero-order valence-electron chi connectivity index (χ0n) is 13.5. The molecule has 0 aromatic heterocycles. The molecule has 0 amide bonds. The van der Waals surface area contributed by atoms with E-state index in [1.165, 1.54) is 11.1 Å². The lowest BCUT2D eigenvalue weighted by atomic mass is 9.99. The first-order valence-corrected chi connectivity index (χ1v) is 7.46. The van der Waals surface area contributed by atoms with Gasteiger partial charge in [-0.25, -0.2) is 0 Å². The van der Waals surface area contributed by atoms with Crippen LogP contribution in [0.5, 0.6) is 5.75 Å². The van der Waals surface area contributed by atoms with E-state index in [0.717, 1.165) is 18.6 Å². The highest BCUT2D eigenvalue weighted by molar-refractivity contribution is 5.32. The number of hydrogen-bond donors (Lipinski definition) is 2. The maximum Gasteiger partial charge on any atom is 0.119 e. The molecular formula is C17H29NO2. The Hall–Kier alpha value is -1.06. The fraction of sp³-hybridized carbons (Fsp3) is 0.647. The van der Waals surface area contributed by atoms with Gasteiger partial charge in [0.1, 0.15) is 18.5 Å². The number of hydrogen-bond acceptors (Lipinski definition) is 3. The number of nitrogens with one attached hydrogen (secondary N) is 1. The predicted molar refractivity (Wildman–Crippen MR) is 84.4 cm³/mol. The van der Waals surface area contributed by atoms with Crippen LogP contribution in [0.1, 0.15) is 44.7 Å². The quantitative estimate of drug-likeness (QED) is 0.768. The molecule has 0 bridgehead atoms. The van der Waals surface area contributed by atoms with Crippen LogP contribution in [0.4, 0.5) is 0 Å². The Morgan fingerprint density at radius 2 is 1.80 bits per heavy atom. The molecule has 0 aliphatic carbocycles. The molecular weight excluding hydrogens is 250 g/mol. The van der Waals surface area contributed by atoms with E-state index in [1.54, 1.807) is 0 Å². The Balaban J connectivity index is 2.38. The fourth-order valence-electron chi connectivity index (χ4n) is 2.38. The molecule has 0 radical (unpaired) electrons. The van der Waals surface area contributed by atoms with E-state index in [0.29, 0.717) is 13.2 Å². The van der Waals surface area contributed by atoms with Gasteiger partial charge < -0.3 is 15.2 Å². The highest BCUT2D eigenvalue weighted by atomic mass is 16.5. The summed E-state index contributed by atoms with van der Waals surface area (Å²) in [7, 11) is 0. The van der Waals surface area contributed by atoms with Crippen molar-refractivity contribution in [3.05, 3.63) is 29.3 Å². The van der Waals surface area contributed by atoms with Crippen molar-refractivity contribution < 1.29 is 9.84 Å². The molecule has 2 N–H and O–H groups in total. The minimum Gasteiger partial charge on any atom is -0.491 e. The number of ether oxygens (including phenoxy) is 1. The number of aryl methyl sites for hydroxylation is 2. The Bertz CT molecular complexity index is 395. The largest absolute Gasteiger partial charge is 0.491 e. The molecule has 0 aliphatic rings. The Kier molecular flexibility index (Phi) is 6.50. The number of aliphatic hydroxyl groups excluding tert-OH is 1. The van der Waals surface area contributed by atoms with Crippen molar-refractivity contribution in [2.24, 2.45) is 0 Å². The van der Waals surface area contributed by atoms with Crippen molar-refractivity contribution in [2.75, 3.05) is 13.2 Å². The maximum atomic E-state index is 9.99. The van der Waals surface area contributed by atoms with Gasteiger partial charge in [-0.05, 0) is 57.4 Å². The van der Waals surface area contributed by atoms with E-state index in [1.807, 2.05) is 26.0 Å². The smallest absolute Gasteiger partial charge is 0.119 e. The van der Waals surface area contributed by atoms with Crippen LogP contribution in [0.15, 0.2) is 18.2 Å². The van der Waals surface area contributed by atoms with Gasteiger partial charge in [0.2, 0.25) is 0 Å². The normalized spacial score (nSPS) is 13.3. The van der Waals surface area contributed by atoms with Crippen molar-refractivity contribution in [1.82, 2.24) is 5.32 Å². The average Bonchev–Trinajstić information content (AvgIpc) is 2.33. The van der Waals surface area contributed by atoms with Crippen molar-refractivity contribution >= 4 is 0 Å². The monoisotopic (exact) mass is 279 g/mol. The lowest BCUT2D eigenvalue weighted by molar-refractivity contribution is 0.0980. The molecule has 0 saturated carbocycles. The van der Waals surface area contributed by atoms with Crippen LogP contribution in [0.2, 0.25) is 0 Å². The third-order valence-corrected chi connectivity index (χ3v) is 3.33. The Morgan fingerprint density at radius 3 is 2.35 bits per heavy atom. The summed E-state index contributed by atoms with van der Waals surface area (Å²) in [6.07, 6.45) is 1.74. The molecule has 0 aliphatic heterocycles. The number of rotatable bonds is 8. The molecule has 1 rings (SSSR count). The van der Waals surface area contributed by atoms with Crippen LogP contribution in [0.25, 0.3) is 0 Å². The van der Waals surface area contributed by atoms with Crippen LogP contribution in [0, 0.1) is 13.8 Å². The highest BCUT2D eigenvalue weighted by Crippen LogP contribution is 2.16. The van der Waals surface area contributed by atoms with E-state index in [2.05, 4.69) is 32.2 Å². The van der Waals surface area contributed by atoms with Gasteiger partial charge in [-0.1, -0.05) is 19.4 Å². The summed E-state index contributed by atoms with van der Waals surface area (Å²) in [6, 6.07) is 6.10. The summed E-state index contributed by atoms with van der Waals surface area (Å²) in [5.74, 6) is 0.828. The van der Waals surface area contributed by atoms with Crippen molar-refractivity contribution in [1.29, 1.82) is 0 Å². The van der Waals surface area contributed by atoms with Gasteiger partial charge in [0.25, 0.3) is 0 Å². The first kappa shape index (κ1) is 17.0. The minimum absolute atomic E-state index is 0.0651. The van der Waals surface area contributed by atoms with Crippen molar-refractivity contribution in [2.45, 2.75) is 59.1 Å². The lowest BCUT2D eigenvalue weighted by Gasteiger charge is -2.27. The van der Waals surface area contributed by atoms with Crippen LogP contribution in [-0.2, 0) is 0 Å². The molecule has 3 nitrogen and oxygen atoms in total. The van der Waals surface area contributed by atoms with Crippen LogP contribution >= 0.6 is 0 Å². The molecule has 1 unspecified atom stereocenters. The minimum atomic E-state index is -0.494. The van der Waals surface area contributed by atoms with Gasteiger partial charge in [0, 0.05) is 12.1 Å². The van der Waals surface area contributed by atoms with Gasteiger partial charge in [-0.15, -0.1) is 0 Å². The van der Waals surface area contributed by atoms with Gasteiger partial charge in [0.05, 0.1) is 0 Å². The molecule has 0 heterocycles. The number of aliphatic hydroxyl groups is 1. The predicted octanol–water partition coefficient (Wildman–Crippen LogP) is 3.21. The van der Waals surface area contributed by atoms with Gasteiger partial charge >= 0.3 is 0 Å². The second-order valence-electron chi connectivity index (χ2n) is 6.30. The van der Waals surface area contributed by atoms with E-state index in [-0.39, 0.29) is 5.54 Å². The van der Waals surface area contributed by atoms with Gasteiger partial charge in [-0.3, -0.25) is 0 Å². The standard InChI is InChI=1S/C17H29NO2/c1-6-7-17(4,5)18-11-15(19)12-20-16-9-13(2)8-14(3)10-16/h8-10,15,18-19H,6-7,11-12H2,1-5H3. The molecule has 0 fully saturated rings. The van der Waals surface area contributed by atoms with Gasteiger partial charge in [-0.2, -0.15) is 0 Å². The summed E-state index contributed by atoms with van der Waals surface area (Å²) < 4.78 is 5.66. The molecule has 114 valence electrons. The first-order valence-electron chi connectivity index (χ1n) is 7.46. The average molecular weight is 279 g/mol. The van der Waals surface area contributed by atoms with E-state index in [9.17, 15) is 5.11 Å². The highest BCUT2D eigenvalue weighted by Gasteiger charge is 2.17. The zero-order valence-corrected chi connectivity index (χ0v) is 13.5. The Labute approximate surface area is 123 Å². The summed E-state index contributed by atoms with van der Waals surface area (Å²) in [5, 5.41) is 13.4.